The first-order valence-electron chi connectivity index (χ1n) is 14.8. The minimum atomic E-state index is -0.959. The zero-order valence-electron chi connectivity index (χ0n) is 26.1. The third-order valence-corrected chi connectivity index (χ3v) is 6.87. The van der Waals surface area contributed by atoms with Gasteiger partial charge in [0.1, 0.15) is 12.1 Å². The summed E-state index contributed by atoms with van der Waals surface area (Å²) in [4.78, 5) is 61.1. The maximum atomic E-state index is 13.5. The molecule has 0 saturated heterocycles. The number of hydrogen-bond acceptors (Lipinski definition) is 7. The Morgan fingerprint density at radius 3 is 1.93 bits per heavy atom. The lowest BCUT2D eigenvalue weighted by Crippen LogP contribution is -2.54. The molecule has 0 bridgehead atoms. The minimum absolute atomic E-state index is 0.0532. The van der Waals surface area contributed by atoms with Crippen LogP contribution in [0.3, 0.4) is 0 Å². The molecular formula is C29H51N11O4. The van der Waals surface area contributed by atoms with Crippen LogP contribution >= 0.6 is 0 Å². The van der Waals surface area contributed by atoms with Crippen LogP contribution in [0.2, 0.25) is 0 Å². The normalized spacial score (nSPS) is 13.6. The Morgan fingerprint density at radius 2 is 1.41 bits per heavy atom. The highest BCUT2D eigenvalue weighted by molar-refractivity contribution is 5.90. The van der Waals surface area contributed by atoms with Crippen molar-refractivity contribution in [3.63, 3.8) is 0 Å². The molecule has 0 heterocycles. The number of carbonyl (C=O) groups is 4. The summed E-state index contributed by atoms with van der Waals surface area (Å²) >= 11 is 0. The number of nitrogens with zero attached hydrogens (tertiary/aromatic N) is 3. The van der Waals surface area contributed by atoms with Crippen molar-refractivity contribution in [1.82, 2.24) is 15.5 Å². The lowest BCUT2D eigenvalue weighted by Gasteiger charge is -2.29. The number of aliphatic imine (C=N–C) groups is 2. The fourth-order valence-corrected chi connectivity index (χ4v) is 4.56. The molecule has 0 unspecified atom stereocenters. The highest BCUT2D eigenvalue weighted by atomic mass is 16.2. The van der Waals surface area contributed by atoms with Gasteiger partial charge in [0.15, 0.2) is 11.9 Å². The fraction of sp³-hybridized carbons (Fsp3) is 0.586. The largest absolute Gasteiger partial charge is 0.370 e. The van der Waals surface area contributed by atoms with Crippen LogP contribution in [0.4, 0.5) is 0 Å². The van der Waals surface area contributed by atoms with E-state index in [4.69, 9.17) is 34.4 Å². The molecule has 1 aromatic carbocycles. The van der Waals surface area contributed by atoms with Gasteiger partial charge in [0.25, 0.3) is 0 Å². The molecule has 44 heavy (non-hydrogen) atoms. The molecular weight excluding hydrogens is 566 g/mol. The summed E-state index contributed by atoms with van der Waals surface area (Å²) in [6.45, 7) is 4.49. The first-order valence-corrected chi connectivity index (χ1v) is 14.8. The Labute approximate surface area is 259 Å². The highest BCUT2D eigenvalue weighted by Crippen LogP contribution is 2.14. The van der Waals surface area contributed by atoms with Gasteiger partial charge >= 0.3 is 0 Å². The van der Waals surface area contributed by atoms with E-state index in [2.05, 4.69) is 20.6 Å². The number of benzene rings is 1. The molecule has 15 nitrogen and oxygen atoms in total. The third-order valence-electron chi connectivity index (χ3n) is 6.87. The Bertz CT molecular complexity index is 1120. The van der Waals surface area contributed by atoms with Crippen molar-refractivity contribution in [1.29, 1.82) is 0 Å². The topological polar surface area (TPSA) is 276 Å². The maximum absolute atomic E-state index is 13.5. The van der Waals surface area contributed by atoms with Gasteiger partial charge in [-0.2, -0.15) is 0 Å². The van der Waals surface area contributed by atoms with E-state index < -0.39 is 41.9 Å². The van der Waals surface area contributed by atoms with Crippen molar-refractivity contribution >= 4 is 35.5 Å². The van der Waals surface area contributed by atoms with Crippen molar-refractivity contribution in [2.24, 2.45) is 50.3 Å². The van der Waals surface area contributed by atoms with E-state index in [-0.39, 0.29) is 49.6 Å². The van der Waals surface area contributed by atoms with Gasteiger partial charge in [-0.3, -0.25) is 29.2 Å². The van der Waals surface area contributed by atoms with E-state index in [9.17, 15) is 19.2 Å². The zero-order chi connectivity index (χ0) is 33.2. The average Bonchev–Trinajstić information content (AvgIpc) is 2.94. The van der Waals surface area contributed by atoms with Crippen molar-refractivity contribution in [3.8, 4) is 0 Å². The van der Waals surface area contributed by atoms with Gasteiger partial charge in [-0.25, -0.2) is 0 Å². The van der Waals surface area contributed by atoms with Gasteiger partial charge in [-0.15, -0.1) is 0 Å². The number of rotatable bonds is 20. The van der Waals surface area contributed by atoms with Crippen molar-refractivity contribution in [2.45, 2.75) is 83.0 Å². The molecule has 0 spiro atoms. The molecule has 4 atom stereocenters. The number of nitrogens with two attached hydrogens (primary N) is 6. The summed E-state index contributed by atoms with van der Waals surface area (Å²) in [7, 11) is 1.52. The maximum Gasteiger partial charge on any atom is 0.242 e. The van der Waals surface area contributed by atoms with Crippen molar-refractivity contribution in [2.75, 3.05) is 20.1 Å². The molecule has 0 saturated carbocycles. The summed E-state index contributed by atoms with van der Waals surface area (Å²) in [6, 6.07) is 5.96. The number of likely N-dealkylation sites (N-methyl/N-ethyl adjacent to an activating group) is 1. The van der Waals surface area contributed by atoms with E-state index in [1.807, 2.05) is 44.2 Å². The van der Waals surface area contributed by atoms with Gasteiger partial charge < -0.3 is 49.9 Å². The van der Waals surface area contributed by atoms with Crippen molar-refractivity contribution in [3.05, 3.63) is 35.9 Å². The van der Waals surface area contributed by atoms with Crippen LogP contribution in [0.15, 0.2) is 40.3 Å². The second-order valence-electron chi connectivity index (χ2n) is 11.2. The lowest BCUT2D eigenvalue weighted by molar-refractivity contribution is -0.138. The Balaban J connectivity index is 3.01. The van der Waals surface area contributed by atoms with Gasteiger partial charge in [0.05, 0.1) is 6.04 Å². The van der Waals surface area contributed by atoms with Gasteiger partial charge in [-0.1, -0.05) is 44.2 Å². The molecule has 1 rings (SSSR count). The fourth-order valence-electron chi connectivity index (χ4n) is 4.56. The molecule has 0 fully saturated rings. The number of carbonyl (C=O) groups excluding carboxylic acids is 4. The quantitative estimate of drug-likeness (QED) is 0.0473. The number of nitrogens with one attached hydrogen (secondary N) is 2. The molecule has 14 N–H and O–H groups in total. The molecule has 0 aromatic heterocycles. The Morgan fingerprint density at radius 1 is 0.841 bits per heavy atom. The molecule has 0 radical (unpaired) electrons. The molecule has 0 aliphatic rings. The monoisotopic (exact) mass is 617 g/mol. The van der Waals surface area contributed by atoms with E-state index in [1.54, 1.807) is 0 Å². The van der Waals surface area contributed by atoms with Crippen molar-refractivity contribution < 1.29 is 19.2 Å². The number of hydrogen-bond donors (Lipinski definition) is 8. The second-order valence-corrected chi connectivity index (χ2v) is 11.2. The molecule has 0 aliphatic carbocycles. The number of amides is 4. The highest BCUT2D eigenvalue weighted by Gasteiger charge is 2.30. The third kappa shape index (κ3) is 15.2. The summed E-state index contributed by atoms with van der Waals surface area (Å²) < 4.78 is 0. The minimum Gasteiger partial charge on any atom is -0.370 e. The van der Waals surface area contributed by atoms with Crippen LogP contribution in [0.1, 0.15) is 57.9 Å². The summed E-state index contributed by atoms with van der Waals surface area (Å²) in [6.07, 6.45) is 2.05. The van der Waals surface area contributed by atoms with Crippen LogP contribution in [0, 0.1) is 5.92 Å². The first kappa shape index (κ1) is 37.6. The van der Waals surface area contributed by atoms with E-state index in [0.717, 1.165) is 5.56 Å². The zero-order valence-corrected chi connectivity index (χ0v) is 26.1. The molecule has 1 aromatic rings. The van der Waals surface area contributed by atoms with Crippen LogP contribution in [-0.2, 0) is 25.6 Å². The van der Waals surface area contributed by atoms with E-state index in [0.29, 0.717) is 32.2 Å². The average molecular weight is 618 g/mol. The van der Waals surface area contributed by atoms with Gasteiger partial charge in [0.2, 0.25) is 23.6 Å². The Hall–Kier alpha value is -4.40. The second kappa shape index (κ2) is 19.7. The van der Waals surface area contributed by atoms with Crippen LogP contribution in [-0.4, -0.2) is 84.8 Å². The Kier molecular flexibility index (Phi) is 16.9. The smallest absolute Gasteiger partial charge is 0.242 e. The number of guanidine groups is 2. The predicted octanol–water partition coefficient (Wildman–Crippen LogP) is -1.62. The van der Waals surface area contributed by atoms with Crippen LogP contribution in [0.5, 0.6) is 0 Å². The lowest BCUT2D eigenvalue weighted by atomic mass is 9.98. The first-order chi connectivity index (χ1) is 20.7. The van der Waals surface area contributed by atoms with E-state index in [1.165, 1.54) is 11.9 Å². The van der Waals surface area contributed by atoms with E-state index >= 15 is 0 Å². The molecule has 15 heteroatoms. The predicted molar refractivity (Wildman–Crippen MR) is 172 cm³/mol. The van der Waals surface area contributed by atoms with Gasteiger partial charge in [0, 0.05) is 39.0 Å². The standard InChI is InChI=1S/C29H51N11O4/c1-18(2)15-20(17-24(41)40(3)23(25(31)42)16-19-9-5-4-6-10-19)38-27(44)22(12-8-14-37-29(34)35)39-26(43)21(30)11-7-13-36-28(32)33/h4-6,9-10,18,20-23H,7-8,11-17,30H2,1-3H3,(H2,31,42)(H,38,44)(H,39,43)(H4,32,33,36)(H4,34,35,37)/t20-,21-,22-,23-/m0/s1. The number of primary amides is 1. The SMILES string of the molecule is CC(C)C[C@@H](CC(=O)N(C)[C@@H](Cc1ccccc1)C(N)=O)NC(=O)[C@H](CCCN=C(N)N)NC(=O)[C@@H](N)CCCN=C(N)N. The molecule has 246 valence electrons. The molecule has 4 amide bonds. The summed E-state index contributed by atoms with van der Waals surface area (Å²) in [5.74, 6) is -1.99. The summed E-state index contributed by atoms with van der Waals surface area (Å²) in [5, 5.41) is 5.64. The van der Waals surface area contributed by atoms with Crippen LogP contribution < -0.4 is 45.0 Å². The van der Waals surface area contributed by atoms with Crippen LogP contribution in [0.25, 0.3) is 0 Å². The van der Waals surface area contributed by atoms with Gasteiger partial charge in [-0.05, 0) is 43.6 Å². The molecule has 0 aliphatic heterocycles. The summed E-state index contributed by atoms with van der Waals surface area (Å²) in [5.41, 5.74) is 34.0.